The van der Waals surface area contributed by atoms with Gasteiger partial charge in [0.25, 0.3) is 0 Å². The van der Waals surface area contributed by atoms with E-state index in [1.807, 2.05) is 0 Å². The summed E-state index contributed by atoms with van der Waals surface area (Å²) in [6, 6.07) is 7.83. The van der Waals surface area contributed by atoms with Crippen molar-refractivity contribution in [2.45, 2.75) is 6.18 Å². The lowest BCUT2D eigenvalue weighted by Crippen LogP contribution is -2.04. The van der Waals surface area contributed by atoms with E-state index in [-0.39, 0.29) is 17.6 Å². The number of alkyl halides is 3. The molecule has 0 N–H and O–H groups in total. The van der Waals surface area contributed by atoms with Crippen LogP contribution in [0.1, 0.15) is 5.56 Å². The first-order valence-electron chi connectivity index (χ1n) is 4.64. The van der Waals surface area contributed by atoms with Crippen LogP contribution < -0.4 is 0 Å². The van der Waals surface area contributed by atoms with Gasteiger partial charge in [-0.15, -0.1) is 22.6 Å². The highest BCUT2D eigenvalue weighted by molar-refractivity contribution is 6.29. The highest BCUT2D eigenvalue weighted by Gasteiger charge is 2.29. The van der Waals surface area contributed by atoms with Gasteiger partial charge in [-0.3, -0.25) is 0 Å². The van der Waals surface area contributed by atoms with Crippen LogP contribution in [0.3, 0.4) is 0 Å². The Morgan fingerprint density at radius 2 is 1.50 bits per heavy atom. The van der Waals surface area contributed by atoms with Crippen molar-refractivity contribution >= 4 is 24.0 Å². The van der Waals surface area contributed by atoms with Crippen molar-refractivity contribution in [2.24, 2.45) is 0 Å². The van der Waals surface area contributed by atoms with E-state index >= 15 is 0 Å². The Morgan fingerprint density at radius 1 is 0.889 bits per heavy atom. The molecule has 7 heteroatoms. The van der Waals surface area contributed by atoms with Gasteiger partial charge in [0.05, 0.1) is 11.3 Å². The Morgan fingerprint density at radius 3 is 1.94 bits per heavy atom. The number of nitrogens with zero attached hydrogens (tertiary/aromatic N) is 2. The molecule has 0 spiro atoms. The van der Waals surface area contributed by atoms with Gasteiger partial charge in [0.2, 0.25) is 0 Å². The fourth-order valence-corrected chi connectivity index (χ4v) is 1.40. The summed E-state index contributed by atoms with van der Waals surface area (Å²) < 4.78 is 37.0. The van der Waals surface area contributed by atoms with Crippen molar-refractivity contribution in [2.75, 3.05) is 0 Å². The molecule has 0 atom stereocenters. The molecule has 0 radical (unpaired) electrons. The molecule has 0 bridgehead atoms. The summed E-state index contributed by atoms with van der Waals surface area (Å²) in [7, 11) is 0. The Balaban J connectivity index is 0.00000162. The average molecular weight is 295 g/mol. The normalized spacial score (nSPS) is 10.9. The highest BCUT2D eigenvalue weighted by Crippen LogP contribution is 2.30. The second-order valence-corrected chi connectivity index (χ2v) is 3.70. The van der Waals surface area contributed by atoms with E-state index in [4.69, 9.17) is 11.6 Å². The van der Waals surface area contributed by atoms with Crippen LogP contribution in [0.4, 0.5) is 13.2 Å². The van der Waals surface area contributed by atoms with Gasteiger partial charge in [0.1, 0.15) is 0 Å². The number of rotatable bonds is 1. The van der Waals surface area contributed by atoms with E-state index in [1.54, 1.807) is 6.07 Å². The molecule has 0 aliphatic heterocycles. The van der Waals surface area contributed by atoms with Gasteiger partial charge in [0.15, 0.2) is 5.15 Å². The van der Waals surface area contributed by atoms with Crippen LogP contribution in [0.5, 0.6) is 0 Å². The summed E-state index contributed by atoms with van der Waals surface area (Å²) >= 11 is 5.56. The molecule has 2 aromatic rings. The maximum atomic E-state index is 12.3. The van der Waals surface area contributed by atoms with Crippen molar-refractivity contribution < 1.29 is 13.2 Å². The van der Waals surface area contributed by atoms with Gasteiger partial charge in [0, 0.05) is 5.56 Å². The zero-order valence-electron chi connectivity index (χ0n) is 8.78. The summed E-state index contributed by atoms with van der Waals surface area (Å²) in [4.78, 5) is 0. The van der Waals surface area contributed by atoms with Crippen LogP contribution in [0, 0.1) is 0 Å². The Labute approximate surface area is 112 Å². The first-order valence-corrected chi connectivity index (χ1v) is 5.01. The molecule has 0 saturated carbocycles. The van der Waals surface area contributed by atoms with E-state index in [9.17, 15) is 13.2 Å². The molecule has 0 aliphatic rings. The molecule has 2 rings (SSSR count). The van der Waals surface area contributed by atoms with E-state index in [0.717, 1.165) is 12.1 Å². The second kappa shape index (κ2) is 5.54. The van der Waals surface area contributed by atoms with Crippen LogP contribution in [0.15, 0.2) is 36.4 Å². The molecule has 18 heavy (non-hydrogen) atoms. The van der Waals surface area contributed by atoms with Gasteiger partial charge in [-0.1, -0.05) is 23.7 Å². The average Bonchev–Trinajstić information content (AvgIpc) is 2.29. The van der Waals surface area contributed by atoms with Crippen LogP contribution in [0.25, 0.3) is 11.3 Å². The lowest BCUT2D eigenvalue weighted by molar-refractivity contribution is -0.137. The minimum absolute atomic E-state index is 0. The number of benzene rings is 1. The van der Waals surface area contributed by atoms with Gasteiger partial charge >= 0.3 is 6.18 Å². The van der Waals surface area contributed by atoms with Crippen LogP contribution in [0.2, 0.25) is 5.15 Å². The summed E-state index contributed by atoms with van der Waals surface area (Å²) in [6.45, 7) is 0. The van der Waals surface area contributed by atoms with Crippen molar-refractivity contribution in [1.82, 2.24) is 10.2 Å². The zero-order chi connectivity index (χ0) is 12.5. The lowest BCUT2D eigenvalue weighted by Gasteiger charge is -2.06. The minimum Gasteiger partial charge on any atom is -0.166 e. The van der Waals surface area contributed by atoms with Crippen molar-refractivity contribution in [1.29, 1.82) is 0 Å². The molecule has 2 nitrogen and oxygen atoms in total. The Hall–Kier alpha value is -1.33. The fourth-order valence-electron chi connectivity index (χ4n) is 1.30. The van der Waals surface area contributed by atoms with Gasteiger partial charge < -0.3 is 0 Å². The van der Waals surface area contributed by atoms with E-state index in [1.165, 1.54) is 18.2 Å². The molecule has 0 unspecified atom stereocenters. The standard InChI is InChI=1S/C11H6ClF3N2.ClH/c12-10-6-5-9(16-17-10)7-1-3-8(4-2-7)11(13,14)15;/h1-6H;1H. The maximum Gasteiger partial charge on any atom is 0.416 e. The number of halogens is 5. The van der Waals surface area contributed by atoms with E-state index in [0.29, 0.717) is 11.3 Å². The van der Waals surface area contributed by atoms with Crippen LogP contribution in [-0.2, 0) is 6.18 Å². The van der Waals surface area contributed by atoms with E-state index in [2.05, 4.69) is 10.2 Å². The molecule has 0 aliphatic carbocycles. The highest BCUT2D eigenvalue weighted by atomic mass is 35.5. The summed E-state index contributed by atoms with van der Waals surface area (Å²) in [5, 5.41) is 7.63. The largest absolute Gasteiger partial charge is 0.416 e. The Kier molecular flexibility index (Phi) is 4.53. The minimum atomic E-state index is -4.33. The maximum absolute atomic E-state index is 12.3. The molecule has 0 saturated heterocycles. The molecule has 96 valence electrons. The topological polar surface area (TPSA) is 25.8 Å². The predicted octanol–water partition coefficient (Wildman–Crippen LogP) is 4.24. The van der Waals surface area contributed by atoms with Crippen LogP contribution >= 0.6 is 24.0 Å². The summed E-state index contributed by atoms with van der Waals surface area (Å²) in [5.41, 5.74) is 0.341. The molecule has 0 fully saturated rings. The van der Waals surface area contributed by atoms with Gasteiger partial charge in [-0.25, -0.2) is 0 Å². The smallest absolute Gasteiger partial charge is 0.166 e. The van der Waals surface area contributed by atoms with Gasteiger partial charge in [-0.2, -0.15) is 13.2 Å². The van der Waals surface area contributed by atoms with Gasteiger partial charge in [-0.05, 0) is 24.3 Å². The number of hydrogen-bond donors (Lipinski definition) is 0. The quantitative estimate of drug-likeness (QED) is 0.786. The van der Waals surface area contributed by atoms with Crippen LogP contribution in [-0.4, -0.2) is 10.2 Å². The monoisotopic (exact) mass is 294 g/mol. The summed E-state index contributed by atoms with van der Waals surface area (Å²) in [5.74, 6) is 0. The Bertz CT molecular complexity index is 509. The van der Waals surface area contributed by atoms with E-state index < -0.39 is 11.7 Å². The number of aromatic nitrogens is 2. The lowest BCUT2D eigenvalue weighted by atomic mass is 10.1. The molecular formula is C11H7Cl2F3N2. The predicted molar refractivity (Wildman–Crippen MR) is 64.7 cm³/mol. The zero-order valence-corrected chi connectivity index (χ0v) is 10.4. The van der Waals surface area contributed by atoms with Crippen molar-refractivity contribution in [3.63, 3.8) is 0 Å². The SMILES string of the molecule is Cl.FC(F)(F)c1ccc(-c2ccc(Cl)nn2)cc1. The number of hydrogen-bond acceptors (Lipinski definition) is 2. The molecule has 1 aromatic heterocycles. The third kappa shape index (κ3) is 3.34. The van der Waals surface area contributed by atoms with Crippen molar-refractivity contribution in [3.8, 4) is 11.3 Å². The molecular weight excluding hydrogens is 288 g/mol. The third-order valence-electron chi connectivity index (χ3n) is 2.14. The molecule has 1 heterocycles. The molecule has 0 amide bonds. The second-order valence-electron chi connectivity index (χ2n) is 3.32. The first kappa shape index (κ1) is 14.7. The molecule has 1 aromatic carbocycles. The van der Waals surface area contributed by atoms with Crippen molar-refractivity contribution in [3.05, 3.63) is 47.1 Å². The third-order valence-corrected chi connectivity index (χ3v) is 2.34. The summed E-state index contributed by atoms with van der Waals surface area (Å²) in [6.07, 6.45) is -4.33. The first-order chi connectivity index (χ1) is 7.97. The fraction of sp³-hybridized carbons (Fsp3) is 0.0909.